The van der Waals surface area contributed by atoms with E-state index in [9.17, 15) is 18.3 Å². The fraction of sp³-hybridized carbons (Fsp3) is 0. The van der Waals surface area contributed by atoms with E-state index in [1.54, 1.807) is 48.5 Å². The normalized spacial score (nSPS) is 11.7. The zero-order chi connectivity index (χ0) is 23.6. The molecule has 4 aromatic carbocycles. The maximum absolute atomic E-state index is 12.9. The van der Waals surface area contributed by atoms with E-state index < -0.39 is 15.9 Å². The van der Waals surface area contributed by atoms with Crippen molar-refractivity contribution in [2.75, 3.05) is 4.72 Å². The summed E-state index contributed by atoms with van der Waals surface area (Å²) in [6, 6.07) is 20.6. The van der Waals surface area contributed by atoms with Crippen LogP contribution in [-0.4, -0.2) is 19.4 Å². The highest BCUT2D eigenvalue weighted by Gasteiger charge is 2.19. The summed E-state index contributed by atoms with van der Waals surface area (Å²) in [5, 5.41) is 19.6. The number of phenols is 1. The Balaban J connectivity index is 1.76. The summed E-state index contributed by atoms with van der Waals surface area (Å²) >= 11 is 7.88. The van der Waals surface area contributed by atoms with Crippen LogP contribution in [-0.2, 0) is 10.0 Å². The molecule has 0 unspecified atom stereocenters. The lowest BCUT2D eigenvalue weighted by atomic mass is 10.1. The highest BCUT2D eigenvalue weighted by atomic mass is 127. The molecule has 0 radical (unpaired) electrons. The van der Waals surface area contributed by atoms with E-state index in [2.05, 4.69) is 15.0 Å². The number of halogens is 2. The van der Waals surface area contributed by atoms with Gasteiger partial charge in [-0.05, 0) is 65.1 Å². The van der Waals surface area contributed by atoms with Crippen LogP contribution in [0.4, 0.5) is 11.4 Å². The maximum Gasteiger partial charge on any atom is 0.296 e. The minimum atomic E-state index is -3.96. The van der Waals surface area contributed by atoms with Crippen molar-refractivity contribution < 1.29 is 18.3 Å². The van der Waals surface area contributed by atoms with Gasteiger partial charge in [-0.25, -0.2) is 8.42 Å². The van der Waals surface area contributed by atoms with Crippen LogP contribution in [0.2, 0.25) is 5.02 Å². The molecule has 0 atom stereocenters. The minimum Gasteiger partial charge on any atom is -0.505 e. The number of nitrogens with zero attached hydrogens (tertiary/aromatic N) is 2. The summed E-state index contributed by atoms with van der Waals surface area (Å²) in [7, 11) is -3.96. The van der Waals surface area contributed by atoms with Crippen LogP contribution < -0.4 is 4.72 Å². The predicted molar refractivity (Wildman–Crippen MR) is 136 cm³/mol. The second-order valence-electron chi connectivity index (χ2n) is 6.88. The lowest BCUT2D eigenvalue weighted by Gasteiger charge is -2.13. The first-order valence-corrected chi connectivity index (χ1v) is 12.4. The van der Waals surface area contributed by atoms with Crippen molar-refractivity contribution in [3.8, 4) is 5.75 Å². The number of benzene rings is 4. The molecule has 33 heavy (non-hydrogen) atoms. The second-order valence-corrected chi connectivity index (χ2v) is 10.2. The molecule has 1 amide bonds. The standard InChI is InChI=1S/C23H15ClIN3O4S/c24-14-9-11-15(12-10-14)33(31,32)28-20-13-21(22(29)17-6-2-1-5-16(17)20)26-27-23(30)18-7-3-4-8-19(18)25/h1-13,28-29H. The molecule has 7 nitrogen and oxygen atoms in total. The molecule has 166 valence electrons. The Labute approximate surface area is 208 Å². The molecule has 0 heterocycles. The van der Waals surface area contributed by atoms with Gasteiger partial charge in [-0.3, -0.25) is 9.52 Å². The molecule has 4 aromatic rings. The van der Waals surface area contributed by atoms with Gasteiger partial charge >= 0.3 is 0 Å². The highest BCUT2D eigenvalue weighted by molar-refractivity contribution is 14.1. The Morgan fingerprint density at radius 1 is 0.939 bits per heavy atom. The fourth-order valence-electron chi connectivity index (χ4n) is 3.11. The average molecular weight is 592 g/mol. The number of anilines is 1. The molecular formula is C23H15ClIN3O4S. The second kappa shape index (κ2) is 9.46. The summed E-state index contributed by atoms with van der Waals surface area (Å²) < 4.78 is 29.1. The number of carbonyl (C=O) groups excluding carboxylic acids is 1. The predicted octanol–water partition coefficient (Wildman–Crippen LogP) is 6.53. The number of sulfonamides is 1. The monoisotopic (exact) mass is 591 g/mol. The largest absolute Gasteiger partial charge is 0.505 e. The number of carbonyl (C=O) groups is 1. The number of hydrogen-bond donors (Lipinski definition) is 2. The van der Waals surface area contributed by atoms with Crippen LogP contribution in [0, 0.1) is 3.57 Å². The van der Waals surface area contributed by atoms with Crippen molar-refractivity contribution >= 4 is 72.3 Å². The van der Waals surface area contributed by atoms with E-state index >= 15 is 0 Å². The first-order valence-electron chi connectivity index (χ1n) is 9.50. The van der Waals surface area contributed by atoms with Crippen molar-refractivity contribution in [3.05, 3.63) is 93.0 Å². The molecule has 0 aliphatic carbocycles. The first-order chi connectivity index (χ1) is 15.8. The number of aromatic hydroxyl groups is 1. The quantitative estimate of drug-likeness (QED) is 0.156. The molecule has 0 fully saturated rings. The highest BCUT2D eigenvalue weighted by Crippen LogP contribution is 2.40. The molecule has 2 N–H and O–H groups in total. The lowest BCUT2D eigenvalue weighted by molar-refractivity contribution is 0.0994. The van der Waals surface area contributed by atoms with E-state index in [-0.39, 0.29) is 22.0 Å². The Hall–Kier alpha value is -3.02. The molecule has 0 spiro atoms. The van der Waals surface area contributed by atoms with Gasteiger partial charge in [0.2, 0.25) is 0 Å². The van der Waals surface area contributed by atoms with Gasteiger partial charge in [0, 0.05) is 19.4 Å². The summed E-state index contributed by atoms with van der Waals surface area (Å²) in [6.07, 6.45) is 0. The topological polar surface area (TPSA) is 108 Å². The van der Waals surface area contributed by atoms with Crippen LogP contribution in [0.5, 0.6) is 5.75 Å². The van der Waals surface area contributed by atoms with Gasteiger partial charge in [0.15, 0.2) is 5.75 Å². The molecule has 0 saturated heterocycles. The number of phenolic OH excluding ortho intramolecular Hbond substituents is 1. The molecule has 0 aromatic heterocycles. The molecule has 0 saturated carbocycles. The minimum absolute atomic E-state index is 0.0149. The van der Waals surface area contributed by atoms with E-state index in [0.717, 1.165) is 0 Å². The van der Waals surface area contributed by atoms with Gasteiger partial charge in [0.1, 0.15) is 5.69 Å². The Morgan fingerprint density at radius 2 is 1.58 bits per heavy atom. The third-order valence-electron chi connectivity index (χ3n) is 4.72. The number of azo groups is 1. The van der Waals surface area contributed by atoms with Gasteiger partial charge in [-0.2, -0.15) is 0 Å². The third-order valence-corrected chi connectivity index (χ3v) is 7.29. The SMILES string of the molecule is O=C(N=Nc1cc(NS(=O)(=O)c2ccc(Cl)cc2)c2ccccc2c1O)c1ccccc1I. The molecule has 0 aliphatic rings. The average Bonchev–Trinajstić information content (AvgIpc) is 2.80. The zero-order valence-corrected chi connectivity index (χ0v) is 20.5. The van der Waals surface area contributed by atoms with Crippen molar-refractivity contribution in [2.24, 2.45) is 10.2 Å². The van der Waals surface area contributed by atoms with Crippen LogP contribution in [0.25, 0.3) is 10.8 Å². The van der Waals surface area contributed by atoms with Crippen molar-refractivity contribution in [3.63, 3.8) is 0 Å². The first kappa shape index (κ1) is 23.1. The smallest absolute Gasteiger partial charge is 0.296 e. The van der Waals surface area contributed by atoms with Crippen LogP contribution >= 0.6 is 34.2 Å². The van der Waals surface area contributed by atoms with Crippen LogP contribution in [0.3, 0.4) is 0 Å². The number of fused-ring (bicyclic) bond motifs is 1. The van der Waals surface area contributed by atoms with Crippen molar-refractivity contribution in [1.29, 1.82) is 0 Å². The molecule has 10 heteroatoms. The summed E-state index contributed by atoms with van der Waals surface area (Å²) in [6.45, 7) is 0. The van der Waals surface area contributed by atoms with Gasteiger partial charge in [0.25, 0.3) is 15.9 Å². The summed E-state index contributed by atoms with van der Waals surface area (Å²) in [4.78, 5) is 12.5. The number of hydrogen-bond acceptors (Lipinski definition) is 5. The fourth-order valence-corrected chi connectivity index (χ4v) is 4.93. The lowest BCUT2D eigenvalue weighted by Crippen LogP contribution is -2.13. The Morgan fingerprint density at radius 3 is 2.27 bits per heavy atom. The van der Waals surface area contributed by atoms with Gasteiger partial charge in [-0.1, -0.05) is 48.0 Å². The third kappa shape index (κ3) is 5.00. The Bertz CT molecular complexity index is 1510. The van der Waals surface area contributed by atoms with Crippen LogP contribution in [0.1, 0.15) is 10.4 Å². The molecule has 0 bridgehead atoms. The van der Waals surface area contributed by atoms with E-state index in [0.29, 0.717) is 24.9 Å². The van der Waals surface area contributed by atoms with E-state index in [1.165, 1.54) is 30.3 Å². The molecule has 4 rings (SSSR count). The van der Waals surface area contributed by atoms with Crippen LogP contribution in [0.15, 0.2) is 94.0 Å². The number of nitrogens with one attached hydrogen (secondary N) is 1. The van der Waals surface area contributed by atoms with E-state index in [4.69, 9.17) is 11.6 Å². The molecular weight excluding hydrogens is 577 g/mol. The number of rotatable bonds is 5. The van der Waals surface area contributed by atoms with Gasteiger partial charge in [-0.15, -0.1) is 10.2 Å². The Kier molecular flexibility index (Phi) is 6.63. The van der Waals surface area contributed by atoms with Gasteiger partial charge < -0.3 is 5.11 Å². The molecule has 0 aliphatic heterocycles. The zero-order valence-electron chi connectivity index (χ0n) is 16.7. The van der Waals surface area contributed by atoms with E-state index in [1.807, 2.05) is 22.6 Å². The van der Waals surface area contributed by atoms with Gasteiger partial charge in [0.05, 0.1) is 16.1 Å². The maximum atomic E-state index is 12.9. The number of amides is 1. The summed E-state index contributed by atoms with van der Waals surface area (Å²) in [5.74, 6) is -0.810. The van der Waals surface area contributed by atoms with Crippen molar-refractivity contribution in [2.45, 2.75) is 4.90 Å². The summed E-state index contributed by atoms with van der Waals surface area (Å²) in [5.41, 5.74) is 0.488. The van der Waals surface area contributed by atoms with Crippen molar-refractivity contribution in [1.82, 2.24) is 0 Å².